The SMILES string of the molecule is CN(C(=O)CC(c1ccccc1)c1ccccc1)c1ccccc1. The van der Waals surface area contributed by atoms with E-state index in [4.69, 9.17) is 0 Å². The summed E-state index contributed by atoms with van der Waals surface area (Å²) < 4.78 is 0. The summed E-state index contributed by atoms with van der Waals surface area (Å²) in [6.45, 7) is 0. The summed E-state index contributed by atoms with van der Waals surface area (Å²) in [5.41, 5.74) is 3.25. The van der Waals surface area contributed by atoms with Gasteiger partial charge in [-0.1, -0.05) is 78.9 Å². The highest BCUT2D eigenvalue weighted by molar-refractivity contribution is 5.93. The van der Waals surface area contributed by atoms with E-state index in [0.29, 0.717) is 6.42 Å². The molecule has 0 aliphatic heterocycles. The Kier molecular flexibility index (Phi) is 5.07. The van der Waals surface area contributed by atoms with Crippen LogP contribution in [0.25, 0.3) is 0 Å². The molecule has 0 saturated heterocycles. The summed E-state index contributed by atoms with van der Waals surface area (Å²) in [6, 6.07) is 30.2. The van der Waals surface area contributed by atoms with Crippen molar-refractivity contribution in [1.82, 2.24) is 0 Å². The van der Waals surface area contributed by atoms with E-state index < -0.39 is 0 Å². The lowest BCUT2D eigenvalue weighted by atomic mass is 9.88. The zero-order valence-electron chi connectivity index (χ0n) is 13.8. The van der Waals surface area contributed by atoms with Crippen molar-refractivity contribution in [3.8, 4) is 0 Å². The summed E-state index contributed by atoms with van der Waals surface area (Å²) in [5, 5.41) is 0. The molecule has 0 unspecified atom stereocenters. The fourth-order valence-electron chi connectivity index (χ4n) is 2.91. The number of benzene rings is 3. The minimum atomic E-state index is 0.0612. The van der Waals surface area contributed by atoms with Gasteiger partial charge in [-0.05, 0) is 23.3 Å². The van der Waals surface area contributed by atoms with Gasteiger partial charge in [0, 0.05) is 25.1 Å². The number of nitrogens with zero attached hydrogens (tertiary/aromatic N) is 1. The molecule has 3 aromatic rings. The van der Waals surface area contributed by atoms with E-state index in [9.17, 15) is 4.79 Å². The maximum absolute atomic E-state index is 12.8. The van der Waals surface area contributed by atoms with Gasteiger partial charge in [0.05, 0.1) is 0 Å². The van der Waals surface area contributed by atoms with Gasteiger partial charge in [0.2, 0.25) is 5.91 Å². The van der Waals surface area contributed by atoms with Gasteiger partial charge in [-0.25, -0.2) is 0 Å². The first-order valence-electron chi connectivity index (χ1n) is 8.17. The number of amides is 1. The van der Waals surface area contributed by atoms with Crippen molar-refractivity contribution < 1.29 is 4.79 Å². The Hall–Kier alpha value is -2.87. The summed E-state index contributed by atoms with van der Waals surface area (Å²) in [7, 11) is 1.84. The van der Waals surface area contributed by atoms with Crippen molar-refractivity contribution >= 4 is 11.6 Å². The Balaban J connectivity index is 1.86. The molecule has 0 atom stereocenters. The average Bonchev–Trinajstić information content (AvgIpc) is 2.67. The molecule has 120 valence electrons. The highest BCUT2D eigenvalue weighted by Crippen LogP contribution is 2.29. The molecule has 3 aromatic carbocycles. The zero-order chi connectivity index (χ0) is 16.8. The van der Waals surface area contributed by atoms with Crippen LogP contribution >= 0.6 is 0 Å². The fourth-order valence-corrected chi connectivity index (χ4v) is 2.91. The smallest absolute Gasteiger partial charge is 0.227 e. The van der Waals surface area contributed by atoms with Gasteiger partial charge < -0.3 is 4.90 Å². The fraction of sp³-hybridized carbons (Fsp3) is 0.136. The molecule has 0 aliphatic rings. The number of carbonyl (C=O) groups is 1. The summed E-state index contributed by atoms with van der Waals surface area (Å²) in [4.78, 5) is 14.6. The highest BCUT2D eigenvalue weighted by Gasteiger charge is 2.20. The van der Waals surface area contributed by atoms with Crippen LogP contribution < -0.4 is 4.90 Å². The van der Waals surface area contributed by atoms with E-state index in [1.165, 1.54) is 11.1 Å². The van der Waals surface area contributed by atoms with E-state index in [-0.39, 0.29) is 11.8 Å². The minimum Gasteiger partial charge on any atom is -0.315 e. The topological polar surface area (TPSA) is 20.3 Å². The lowest BCUT2D eigenvalue weighted by Crippen LogP contribution is -2.27. The Bertz CT molecular complexity index is 729. The molecular weight excluding hydrogens is 294 g/mol. The van der Waals surface area contributed by atoms with Crippen LogP contribution in [0.3, 0.4) is 0 Å². The zero-order valence-corrected chi connectivity index (χ0v) is 13.8. The van der Waals surface area contributed by atoms with Crippen molar-refractivity contribution in [1.29, 1.82) is 0 Å². The maximum Gasteiger partial charge on any atom is 0.227 e. The Morgan fingerprint density at radius 3 is 1.62 bits per heavy atom. The first kappa shape index (κ1) is 16.0. The molecule has 0 heterocycles. The number of para-hydroxylation sites is 1. The van der Waals surface area contributed by atoms with Gasteiger partial charge in [0.25, 0.3) is 0 Å². The Labute approximate surface area is 143 Å². The number of hydrogen-bond donors (Lipinski definition) is 0. The lowest BCUT2D eigenvalue weighted by Gasteiger charge is -2.22. The third-order valence-electron chi connectivity index (χ3n) is 4.30. The molecule has 0 fully saturated rings. The average molecular weight is 315 g/mol. The van der Waals surface area contributed by atoms with Gasteiger partial charge >= 0.3 is 0 Å². The van der Waals surface area contributed by atoms with Gasteiger partial charge in [-0.3, -0.25) is 4.79 Å². The number of rotatable bonds is 5. The van der Waals surface area contributed by atoms with Gasteiger partial charge in [0.1, 0.15) is 0 Å². The number of anilines is 1. The standard InChI is InChI=1S/C22H21NO/c1-23(20-15-9-4-10-16-20)22(24)17-21(18-11-5-2-6-12-18)19-13-7-3-8-14-19/h2-16,21H,17H2,1H3. The second kappa shape index (κ2) is 7.60. The lowest BCUT2D eigenvalue weighted by molar-refractivity contribution is -0.118. The molecule has 2 heteroatoms. The Morgan fingerprint density at radius 2 is 1.17 bits per heavy atom. The number of carbonyl (C=O) groups excluding carboxylic acids is 1. The van der Waals surface area contributed by atoms with Crippen LogP contribution in [0, 0.1) is 0 Å². The third-order valence-corrected chi connectivity index (χ3v) is 4.30. The molecule has 0 N–H and O–H groups in total. The van der Waals surface area contributed by atoms with Crippen molar-refractivity contribution in [3.63, 3.8) is 0 Å². The molecular formula is C22H21NO. The van der Waals surface area contributed by atoms with Crippen LogP contribution in [0.4, 0.5) is 5.69 Å². The quantitative estimate of drug-likeness (QED) is 0.657. The second-order valence-electron chi connectivity index (χ2n) is 5.87. The predicted molar refractivity (Wildman–Crippen MR) is 99.2 cm³/mol. The van der Waals surface area contributed by atoms with Crippen molar-refractivity contribution in [2.75, 3.05) is 11.9 Å². The molecule has 2 nitrogen and oxygen atoms in total. The highest BCUT2D eigenvalue weighted by atomic mass is 16.2. The molecule has 0 aromatic heterocycles. The summed E-state index contributed by atoms with van der Waals surface area (Å²) in [5.74, 6) is 0.171. The van der Waals surface area contributed by atoms with Crippen LogP contribution in [0.2, 0.25) is 0 Å². The van der Waals surface area contributed by atoms with Gasteiger partial charge in [-0.15, -0.1) is 0 Å². The van der Waals surface area contributed by atoms with Crippen LogP contribution in [-0.4, -0.2) is 13.0 Å². The molecule has 0 spiro atoms. The van der Waals surface area contributed by atoms with Gasteiger partial charge in [-0.2, -0.15) is 0 Å². The number of hydrogen-bond acceptors (Lipinski definition) is 1. The first-order chi connectivity index (χ1) is 11.8. The summed E-state index contributed by atoms with van der Waals surface area (Å²) in [6.07, 6.45) is 0.444. The van der Waals surface area contributed by atoms with Crippen molar-refractivity contribution in [2.24, 2.45) is 0 Å². The van der Waals surface area contributed by atoms with E-state index in [1.54, 1.807) is 4.90 Å². The van der Waals surface area contributed by atoms with E-state index >= 15 is 0 Å². The van der Waals surface area contributed by atoms with Crippen molar-refractivity contribution in [3.05, 3.63) is 102 Å². The van der Waals surface area contributed by atoms with E-state index in [0.717, 1.165) is 5.69 Å². The molecule has 0 saturated carbocycles. The molecule has 0 radical (unpaired) electrons. The van der Waals surface area contributed by atoms with Crippen LogP contribution in [0.5, 0.6) is 0 Å². The van der Waals surface area contributed by atoms with E-state index in [1.807, 2.05) is 73.8 Å². The second-order valence-corrected chi connectivity index (χ2v) is 5.87. The van der Waals surface area contributed by atoms with Crippen molar-refractivity contribution in [2.45, 2.75) is 12.3 Å². The minimum absolute atomic E-state index is 0.0612. The molecule has 0 aliphatic carbocycles. The largest absolute Gasteiger partial charge is 0.315 e. The first-order valence-corrected chi connectivity index (χ1v) is 8.17. The van der Waals surface area contributed by atoms with Crippen LogP contribution in [0.1, 0.15) is 23.5 Å². The maximum atomic E-state index is 12.8. The monoisotopic (exact) mass is 315 g/mol. The predicted octanol–water partition coefficient (Wildman–Crippen LogP) is 4.87. The normalized spacial score (nSPS) is 10.6. The molecule has 0 bridgehead atoms. The van der Waals surface area contributed by atoms with Gasteiger partial charge in [0.15, 0.2) is 0 Å². The van der Waals surface area contributed by atoms with Crippen LogP contribution in [0.15, 0.2) is 91.0 Å². The van der Waals surface area contributed by atoms with E-state index in [2.05, 4.69) is 24.3 Å². The third kappa shape index (κ3) is 3.72. The Morgan fingerprint density at radius 1 is 0.750 bits per heavy atom. The van der Waals surface area contributed by atoms with Crippen LogP contribution in [-0.2, 0) is 4.79 Å². The molecule has 24 heavy (non-hydrogen) atoms. The summed E-state index contributed by atoms with van der Waals surface area (Å²) >= 11 is 0. The molecule has 1 amide bonds. The molecule has 3 rings (SSSR count).